The van der Waals surface area contributed by atoms with Crippen LogP contribution in [0.25, 0.3) is 0 Å². The summed E-state index contributed by atoms with van der Waals surface area (Å²) in [4.78, 5) is 12.1. The SMILES string of the molecule is C[C@](N)(CC#Cc1ccccc1)C(=O)OCc1ccccc1. The Morgan fingerprint density at radius 3 is 2.32 bits per heavy atom. The van der Waals surface area contributed by atoms with Crippen LogP contribution in [-0.2, 0) is 16.1 Å². The van der Waals surface area contributed by atoms with Crippen molar-refractivity contribution in [3.63, 3.8) is 0 Å². The average molecular weight is 293 g/mol. The maximum absolute atomic E-state index is 12.1. The molecule has 0 saturated carbocycles. The van der Waals surface area contributed by atoms with Crippen LogP contribution in [0.3, 0.4) is 0 Å². The van der Waals surface area contributed by atoms with E-state index in [4.69, 9.17) is 10.5 Å². The van der Waals surface area contributed by atoms with Crippen LogP contribution in [0.1, 0.15) is 24.5 Å². The zero-order valence-electron chi connectivity index (χ0n) is 12.6. The molecule has 2 N–H and O–H groups in total. The van der Waals surface area contributed by atoms with Crippen LogP contribution in [-0.4, -0.2) is 11.5 Å². The number of ether oxygens (including phenoxy) is 1. The topological polar surface area (TPSA) is 52.3 Å². The minimum atomic E-state index is -1.11. The van der Waals surface area contributed by atoms with E-state index in [0.717, 1.165) is 11.1 Å². The van der Waals surface area contributed by atoms with E-state index < -0.39 is 11.5 Å². The highest BCUT2D eigenvalue weighted by Crippen LogP contribution is 2.10. The number of nitrogens with two attached hydrogens (primary N) is 1. The van der Waals surface area contributed by atoms with Gasteiger partial charge in [-0.3, -0.25) is 4.79 Å². The van der Waals surface area contributed by atoms with Crippen LogP contribution >= 0.6 is 0 Å². The van der Waals surface area contributed by atoms with Gasteiger partial charge in [-0.05, 0) is 24.6 Å². The van der Waals surface area contributed by atoms with Crippen molar-refractivity contribution in [3.8, 4) is 11.8 Å². The number of hydrogen-bond acceptors (Lipinski definition) is 3. The van der Waals surface area contributed by atoms with Gasteiger partial charge in [0, 0.05) is 12.0 Å². The maximum Gasteiger partial charge on any atom is 0.327 e. The third-order valence-electron chi connectivity index (χ3n) is 3.14. The first-order valence-corrected chi connectivity index (χ1v) is 7.12. The normalized spacial score (nSPS) is 12.6. The molecule has 2 aromatic rings. The molecule has 0 saturated heterocycles. The fraction of sp³-hybridized carbons (Fsp3) is 0.211. The van der Waals surface area contributed by atoms with Crippen LogP contribution in [0, 0.1) is 11.8 Å². The first kappa shape index (κ1) is 15.8. The smallest absolute Gasteiger partial charge is 0.327 e. The molecule has 3 nitrogen and oxygen atoms in total. The molecule has 0 spiro atoms. The molecule has 2 rings (SSSR count). The van der Waals surface area contributed by atoms with Gasteiger partial charge < -0.3 is 10.5 Å². The number of benzene rings is 2. The summed E-state index contributed by atoms with van der Waals surface area (Å²) < 4.78 is 5.26. The first-order chi connectivity index (χ1) is 10.6. The highest BCUT2D eigenvalue weighted by molar-refractivity contribution is 5.80. The van der Waals surface area contributed by atoms with Crippen LogP contribution < -0.4 is 5.73 Å². The third kappa shape index (κ3) is 4.76. The molecule has 0 radical (unpaired) electrons. The monoisotopic (exact) mass is 293 g/mol. The Labute approximate surface area is 131 Å². The van der Waals surface area contributed by atoms with E-state index in [1.807, 2.05) is 60.7 Å². The Morgan fingerprint density at radius 2 is 1.68 bits per heavy atom. The number of hydrogen-bond donors (Lipinski definition) is 1. The van der Waals surface area contributed by atoms with Crippen LogP contribution in [0.4, 0.5) is 0 Å². The molecule has 3 heteroatoms. The summed E-state index contributed by atoms with van der Waals surface area (Å²) >= 11 is 0. The van der Waals surface area contributed by atoms with E-state index in [2.05, 4.69) is 11.8 Å². The summed E-state index contributed by atoms with van der Waals surface area (Å²) in [6.07, 6.45) is 0.246. The molecule has 0 heterocycles. The molecule has 22 heavy (non-hydrogen) atoms. The second kappa shape index (κ2) is 7.44. The molecule has 0 bridgehead atoms. The standard InChI is InChI=1S/C19H19NO2/c1-19(20,14-8-13-16-9-4-2-5-10-16)18(21)22-15-17-11-6-3-7-12-17/h2-7,9-12H,14-15,20H2,1H3/t19-/m0/s1. The Hall–Kier alpha value is -2.57. The van der Waals surface area contributed by atoms with Crippen LogP contribution in [0.5, 0.6) is 0 Å². The zero-order valence-corrected chi connectivity index (χ0v) is 12.6. The fourth-order valence-corrected chi connectivity index (χ4v) is 1.81. The van der Waals surface area contributed by atoms with Gasteiger partial charge in [0.25, 0.3) is 0 Å². The largest absolute Gasteiger partial charge is 0.459 e. The molecule has 112 valence electrons. The number of rotatable bonds is 4. The number of carbonyl (C=O) groups excluding carboxylic acids is 1. The van der Waals surface area contributed by atoms with Crippen molar-refractivity contribution >= 4 is 5.97 Å². The van der Waals surface area contributed by atoms with E-state index in [9.17, 15) is 4.79 Å². The van der Waals surface area contributed by atoms with Crippen molar-refractivity contribution in [2.45, 2.75) is 25.5 Å². The van der Waals surface area contributed by atoms with Gasteiger partial charge in [0.1, 0.15) is 12.1 Å². The van der Waals surface area contributed by atoms with Gasteiger partial charge in [-0.15, -0.1) is 0 Å². The Balaban J connectivity index is 1.89. The van der Waals surface area contributed by atoms with Crippen LogP contribution in [0.15, 0.2) is 60.7 Å². The predicted octanol–water partition coefficient (Wildman–Crippen LogP) is 2.89. The van der Waals surface area contributed by atoms with E-state index in [1.54, 1.807) is 6.92 Å². The third-order valence-corrected chi connectivity index (χ3v) is 3.14. The summed E-state index contributed by atoms with van der Waals surface area (Å²) in [5.74, 6) is 5.49. The molecule has 0 aromatic heterocycles. The van der Waals surface area contributed by atoms with Gasteiger partial charge in [0.05, 0.1) is 0 Å². The van der Waals surface area contributed by atoms with E-state index in [0.29, 0.717) is 0 Å². The molecule has 0 aliphatic carbocycles. The van der Waals surface area contributed by atoms with Crippen molar-refractivity contribution in [2.24, 2.45) is 5.73 Å². The molecule has 0 unspecified atom stereocenters. The quantitative estimate of drug-likeness (QED) is 0.696. The second-order valence-electron chi connectivity index (χ2n) is 5.32. The summed E-state index contributed by atoms with van der Waals surface area (Å²) in [5, 5.41) is 0. The summed E-state index contributed by atoms with van der Waals surface area (Å²) in [5.41, 5.74) is 6.73. The van der Waals surface area contributed by atoms with Gasteiger partial charge >= 0.3 is 5.97 Å². The van der Waals surface area contributed by atoms with Gasteiger partial charge in [-0.1, -0.05) is 60.4 Å². The van der Waals surface area contributed by atoms with Crippen molar-refractivity contribution < 1.29 is 9.53 Å². The Bertz CT molecular complexity index is 667. The summed E-state index contributed by atoms with van der Waals surface area (Å²) in [7, 11) is 0. The van der Waals surface area contributed by atoms with Crippen LogP contribution in [0.2, 0.25) is 0 Å². The molecule has 0 aliphatic rings. The molecular weight excluding hydrogens is 274 g/mol. The highest BCUT2D eigenvalue weighted by atomic mass is 16.5. The lowest BCUT2D eigenvalue weighted by Gasteiger charge is -2.19. The lowest BCUT2D eigenvalue weighted by molar-refractivity contribution is -0.150. The first-order valence-electron chi connectivity index (χ1n) is 7.12. The van der Waals surface area contributed by atoms with Crippen molar-refractivity contribution in [3.05, 3.63) is 71.8 Å². The molecular formula is C19H19NO2. The molecule has 0 aliphatic heterocycles. The lowest BCUT2D eigenvalue weighted by atomic mass is 10.00. The predicted molar refractivity (Wildman–Crippen MR) is 86.8 cm³/mol. The average Bonchev–Trinajstić information content (AvgIpc) is 2.54. The van der Waals surface area contributed by atoms with Gasteiger partial charge in [-0.25, -0.2) is 0 Å². The Kier molecular flexibility index (Phi) is 5.35. The summed E-state index contributed by atoms with van der Waals surface area (Å²) in [6, 6.07) is 19.1. The molecule has 0 fully saturated rings. The number of esters is 1. The molecule has 2 aromatic carbocycles. The number of carbonyl (C=O) groups is 1. The van der Waals surface area contributed by atoms with Crippen molar-refractivity contribution in [1.82, 2.24) is 0 Å². The minimum absolute atomic E-state index is 0.221. The maximum atomic E-state index is 12.1. The fourth-order valence-electron chi connectivity index (χ4n) is 1.81. The second-order valence-corrected chi connectivity index (χ2v) is 5.32. The minimum Gasteiger partial charge on any atom is -0.459 e. The van der Waals surface area contributed by atoms with Crippen molar-refractivity contribution in [1.29, 1.82) is 0 Å². The van der Waals surface area contributed by atoms with E-state index >= 15 is 0 Å². The zero-order chi connectivity index (χ0) is 15.8. The Morgan fingerprint density at radius 1 is 1.09 bits per heavy atom. The van der Waals surface area contributed by atoms with Gasteiger partial charge in [0.2, 0.25) is 0 Å². The molecule has 0 amide bonds. The van der Waals surface area contributed by atoms with E-state index in [-0.39, 0.29) is 13.0 Å². The summed E-state index contributed by atoms with van der Waals surface area (Å²) in [6.45, 7) is 1.86. The lowest BCUT2D eigenvalue weighted by Crippen LogP contribution is -2.45. The van der Waals surface area contributed by atoms with Gasteiger partial charge in [0.15, 0.2) is 0 Å². The van der Waals surface area contributed by atoms with Crippen molar-refractivity contribution in [2.75, 3.05) is 0 Å². The highest BCUT2D eigenvalue weighted by Gasteiger charge is 2.29. The van der Waals surface area contributed by atoms with Gasteiger partial charge in [-0.2, -0.15) is 0 Å². The molecule has 1 atom stereocenters. The van der Waals surface area contributed by atoms with E-state index in [1.165, 1.54) is 0 Å².